The third-order valence-electron chi connectivity index (χ3n) is 7.87. The number of imidazole rings is 1. The van der Waals surface area contributed by atoms with Gasteiger partial charge in [-0.05, 0) is 72.0 Å². The molecule has 0 saturated carbocycles. The Labute approximate surface area is 262 Å². The number of halogens is 1. The van der Waals surface area contributed by atoms with Gasteiger partial charge in [-0.25, -0.2) is 9.78 Å². The molecule has 1 saturated heterocycles. The molecule has 1 atom stereocenters. The number of aromatic nitrogens is 2. The van der Waals surface area contributed by atoms with Crippen molar-refractivity contribution >= 4 is 39.9 Å². The molecule has 0 bridgehead atoms. The summed E-state index contributed by atoms with van der Waals surface area (Å²) in [7, 11) is 0. The van der Waals surface area contributed by atoms with Crippen molar-refractivity contribution in [3.63, 3.8) is 0 Å². The molecular weight excluding hydrogens is 602 g/mol. The van der Waals surface area contributed by atoms with Crippen molar-refractivity contribution in [3.05, 3.63) is 113 Å². The summed E-state index contributed by atoms with van der Waals surface area (Å²) in [5.74, 6) is 0.988. The molecule has 43 heavy (non-hydrogen) atoms. The molecule has 2 heterocycles. The van der Waals surface area contributed by atoms with Crippen LogP contribution >= 0.6 is 15.9 Å². The topological polar surface area (TPSA) is 89.5 Å². The number of carbonyl (C=O) groups excluding carboxylic acids is 1. The molecule has 1 aliphatic heterocycles. The molecular formula is C34H38BrN7O. The van der Waals surface area contributed by atoms with Crippen LogP contribution in [0.2, 0.25) is 0 Å². The summed E-state index contributed by atoms with van der Waals surface area (Å²) < 4.78 is 2.18. The third kappa shape index (κ3) is 7.58. The Bertz CT molecular complexity index is 1540. The molecule has 0 spiro atoms. The smallest absolute Gasteiger partial charge is 0.321 e. The maximum atomic E-state index is 13.1. The molecule has 8 nitrogen and oxygen atoms in total. The van der Waals surface area contributed by atoms with Gasteiger partial charge in [0.2, 0.25) is 0 Å². The van der Waals surface area contributed by atoms with Gasteiger partial charge >= 0.3 is 6.03 Å². The molecule has 222 valence electrons. The number of hydrogen-bond donors (Lipinski definition) is 1. The van der Waals surface area contributed by atoms with Crippen LogP contribution in [-0.2, 0) is 6.54 Å². The van der Waals surface area contributed by atoms with Gasteiger partial charge in [0.1, 0.15) is 5.82 Å². The highest BCUT2D eigenvalue weighted by atomic mass is 79.9. The quantitative estimate of drug-likeness (QED) is 0.178. The number of nitriles is 1. The molecule has 0 radical (unpaired) electrons. The average Bonchev–Trinajstić information content (AvgIpc) is 3.41. The highest BCUT2D eigenvalue weighted by Crippen LogP contribution is 2.39. The van der Waals surface area contributed by atoms with Crippen LogP contribution in [0.15, 0.2) is 95.8 Å². The van der Waals surface area contributed by atoms with Crippen molar-refractivity contribution in [3.8, 4) is 6.07 Å². The second-order valence-electron chi connectivity index (χ2n) is 10.3. The van der Waals surface area contributed by atoms with Gasteiger partial charge in [-0.15, -0.1) is 13.2 Å². The Morgan fingerprint density at radius 1 is 1.14 bits per heavy atom. The lowest BCUT2D eigenvalue weighted by atomic mass is 9.91. The number of fused-ring (bicyclic) bond motifs is 1. The summed E-state index contributed by atoms with van der Waals surface area (Å²) in [6.45, 7) is 14.3. The third-order valence-corrected chi connectivity index (χ3v) is 8.16. The number of alkyl halides is 1. The first kappa shape index (κ1) is 31.7. The van der Waals surface area contributed by atoms with Gasteiger partial charge in [-0.2, -0.15) is 5.26 Å². The summed E-state index contributed by atoms with van der Waals surface area (Å²) in [4.78, 5) is 26.6. The number of amides is 2. The number of piperazine rings is 1. The summed E-state index contributed by atoms with van der Waals surface area (Å²) in [6.07, 6.45) is 8.12. The Hall–Kier alpha value is -4.26. The lowest BCUT2D eigenvalue weighted by molar-refractivity contribution is 0.124. The molecule has 2 amide bonds. The number of rotatable bonds is 7. The van der Waals surface area contributed by atoms with Crippen LogP contribution in [-0.4, -0.2) is 69.7 Å². The van der Waals surface area contributed by atoms with Gasteiger partial charge < -0.3 is 14.8 Å². The highest BCUT2D eigenvalue weighted by molar-refractivity contribution is 9.09. The van der Waals surface area contributed by atoms with Crippen molar-refractivity contribution in [2.75, 3.05) is 43.4 Å². The van der Waals surface area contributed by atoms with Crippen LogP contribution in [0.1, 0.15) is 35.5 Å². The predicted molar refractivity (Wildman–Crippen MR) is 179 cm³/mol. The van der Waals surface area contributed by atoms with E-state index in [-0.39, 0.29) is 12.1 Å². The van der Waals surface area contributed by atoms with Crippen LogP contribution in [0, 0.1) is 18.3 Å². The first-order chi connectivity index (χ1) is 21.0. The van der Waals surface area contributed by atoms with Gasteiger partial charge in [0.25, 0.3) is 0 Å². The number of aliphatic imine (C=N–C) groups is 1. The fraction of sp³-hybridized carbons (Fsp3) is 0.294. The Balaban J connectivity index is 0.00000207. The van der Waals surface area contributed by atoms with Gasteiger partial charge in [0.15, 0.2) is 0 Å². The maximum Gasteiger partial charge on any atom is 0.321 e. The lowest BCUT2D eigenvalue weighted by Crippen LogP contribution is -2.51. The first-order valence-corrected chi connectivity index (χ1v) is 15.4. The fourth-order valence-corrected chi connectivity index (χ4v) is 5.76. The first-order valence-electron chi connectivity index (χ1n) is 14.3. The molecule has 1 aliphatic carbocycles. The zero-order chi connectivity index (χ0) is 30.8. The number of hydrogen-bond acceptors (Lipinski definition) is 5. The molecule has 1 aromatic heterocycles. The van der Waals surface area contributed by atoms with Gasteiger partial charge in [-0.1, -0.05) is 40.2 Å². The van der Waals surface area contributed by atoms with Crippen molar-refractivity contribution in [1.82, 2.24) is 19.4 Å². The van der Waals surface area contributed by atoms with Crippen LogP contribution in [0.5, 0.6) is 0 Å². The molecule has 2 aliphatic rings. The number of anilines is 1. The number of nitrogens with zero attached hydrogens (tertiary/aromatic N) is 6. The van der Waals surface area contributed by atoms with Crippen molar-refractivity contribution in [1.29, 1.82) is 5.26 Å². The van der Waals surface area contributed by atoms with Gasteiger partial charge in [-0.3, -0.25) is 9.89 Å². The highest BCUT2D eigenvalue weighted by Gasteiger charge is 2.33. The minimum absolute atomic E-state index is 0.0556. The normalized spacial score (nSPS) is 16.9. The van der Waals surface area contributed by atoms with Crippen LogP contribution < -0.4 is 5.32 Å². The van der Waals surface area contributed by atoms with E-state index in [0.717, 1.165) is 25.5 Å². The molecule has 3 aromatic rings. The fourth-order valence-electron chi connectivity index (χ4n) is 5.55. The number of aryl methyl sites for hydroxylation is 1. The van der Waals surface area contributed by atoms with Gasteiger partial charge in [0, 0.05) is 62.3 Å². The number of nitrogens with one attached hydrogen (secondary N) is 1. The van der Waals surface area contributed by atoms with Gasteiger partial charge in [0.05, 0.1) is 24.2 Å². The zero-order valence-corrected chi connectivity index (χ0v) is 26.4. The Kier molecular flexibility index (Phi) is 11.3. The SMILES string of the molecule is C=C.CC1=C(CN=CCBr)C(N2CCN(C(=O)Nc3ccc(C#N)cc3)CC2)c2ccccc2C=C1Cn1ccnc1C. The molecule has 9 heteroatoms. The van der Waals surface area contributed by atoms with Crippen LogP contribution in [0.25, 0.3) is 6.08 Å². The summed E-state index contributed by atoms with van der Waals surface area (Å²) in [5.41, 5.74) is 7.53. The average molecular weight is 641 g/mol. The van der Waals surface area contributed by atoms with E-state index in [9.17, 15) is 4.79 Å². The van der Waals surface area contributed by atoms with E-state index in [1.807, 2.05) is 30.4 Å². The monoisotopic (exact) mass is 639 g/mol. The van der Waals surface area contributed by atoms with Crippen LogP contribution in [0.4, 0.5) is 10.5 Å². The van der Waals surface area contributed by atoms with E-state index in [2.05, 4.69) is 92.2 Å². The summed E-state index contributed by atoms with van der Waals surface area (Å²) >= 11 is 3.48. The molecule has 1 unspecified atom stereocenters. The molecule has 1 N–H and O–H groups in total. The number of benzene rings is 2. The second kappa shape index (κ2) is 15.3. The molecule has 1 fully saturated rings. The Morgan fingerprint density at radius 3 is 2.51 bits per heavy atom. The van der Waals surface area contributed by atoms with Crippen molar-refractivity contribution < 1.29 is 4.79 Å². The van der Waals surface area contributed by atoms with E-state index in [4.69, 9.17) is 10.3 Å². The number of allylic oxidation sites excluding steroid dienone is 2. The Morgan fingerprint density at radius 2 is 1.86 bits per heavy atom. The van der Waals surface area contributed by atoms with Crippen molar-refractivity contribution in [2.45, 2.75) is 26.4 Å². The summed E-state index contributed by atoms with van der Waals surface area (Å²) in [6, 6.07) is 17.6. The zero-order valence-electron chi connectivity index (χ0n) is 24.8. The standard InChI is InChI=1S/C32H34BrN7O.C2H4/c1-23-27(22-40-14-13-36-24(40)2)19-26-5-3-4-6-29(26)31(30(23)21-35-12-11-33)38-15-17-39(18-16-38)32(41)37-28-9-7-25(20-34)8-10-28;1-2/h3-10,12-14,19,31H,11,15-18,21-22H2,1-2H3,(H,37,41);1-2H2. The number of urea groups is 1. The molecule has 2 aromatic carbocycles. The largest absolute Gasteiger partial charge is 0.331 e. The maximum absolute atomic E-state index is 13.1. The van der Waals surface area contributed by atoms with Crippen molar-refractivity contribution in [2.24, 2.45) is 4.99 Å². The minimum atomic E-state index is -0.121. The summed E-state index contributed by atoms with van der Waals surface area (Å²) in [5, 5.41) is 12.7. The van der Waals surface area contributed by atoms with E-state index >= 15 is 0 Å². The molecule has 5 rings (SSSR count). The van der Waals surface area contributed by atoms with Crippen LogP contribution in [0.3, 0.4) is 0 Å². The lowest BCUT2D eigenvalue weighted by Gasteiger charge is -2.40. The number of carbonyl (C=O) groups is 1. The minimum Gasteiger partial charge on any atom is -0.331 e. The van der Waals surface area contributed by atoms with E-state index in [1.165, 1.54) is 27.8 Å². The van der Waals surface area contributed by atoms with E-state index < -0.39 is 0 Å². The second-order valence-corrected chi connectivity index (χ2v) is 10.9. The predicted octanol–water partition coefficient (Wildman–Crippen LogP) is 6.64. The van der Waals surface area contributed by atoms with E-state index in [1.54, 1.807) is 24.3 Å². The van der Waals surface area contributed by atoms with E-state index in [0.29, 0.717) is 36.2 Å².